The van der Waals surface area contributed by atoms with Crippen molar-refractivity contribution in [3.8, 4) is 0 Å². The third kappa shape index (κ3) is 3.94. The third-order valence-electron chi connectivity index (χ3n) is 1.22. The standard InChI is InChI=1S/C6H14NO2P/c1-5(6(8)3-10)7-4-9-2/h5,7H,3-4,10H2,1-2H3/t5-/m0/s1. The van der Waals surface area contributed by atoms with E-state index in [0.717, 1.165) is 0 Å². The molecule has 0 rings (SSSR count). The summed E-state index contributed by atoms with van der Waals surface area (Å²) in [4.78, 5) is 10.9. The van der Waals surface area contributed by atoms with Crippen LogP contribution in [0.5, 0.6) is 0 Å². The molecule has 0 amide bonds. The van der Waals surface area contributed by atoms with E-state index >= 15 is 0 Å². The molecule has 0 aromatic rings. The van der Waals surface area contributed by atoms with E-state index in [0.29, 0.717) is 12.9 Å². The maximum Gasteiger partial charge on any atom is 0.153 e. The summed E-state index contributed by atoms with van der Waals surface area (Å²) in [5.41, 5.74) is 0. The molecule has 60 valence electrons. The van der Waals surface area contributed by atoms with Gasteiger partial charge in [-0.2, -0.15) is 0 Å². The molecule has 0 aliphatic carbocycles. The Hall–Kier alpha value is 0.0200. The van der Waals surface area contributed by atoms with E-state index < -0.39 is 0 Å². The Bertz CT molecular complexity index is 108. The van der Waals surface area contributed by atoms with Crippen LogP contribution in [0, 0.1) is 0 Å². The largest absolute Gasteiger partial charge is 0.370 e. The molecule has 3 nitrogen and oxygen atoms in total. The van der Waals surface area contributed by atoms with Crippen molar-refractivity contribution < 1.29 is 9.53 Å². The van der Waals surface area contributed by atoms with Gasteiger partial charge in [-0.05, 0) is 6.92 Å². The highest BCUT2D eigenvalue weighted by Gasteiger charge is 2.07. The maximum absolute atomic E-state index is 10.9. The molecular weight excluding hydrogens is 149 g/mol. The fourth-order valence-electron chi connectivity index (χ4n) is 0.499. The number of methoxy groups -OCH3 is 1. The smallest absolute Gasteiger partial charge is 0.153 e. The van der Waals surface area contributed by atoms with E-state index in [9.17, 15) is 4.79 Å². The first-order valence-corrected chi connectivity index (χ1v) is 3.99. The van der Waals surface area contributed by atoms with Crippen LogP contribution in [0.25, 0.3) is 0 Å². The van der Waals surface area contributed by atoms with E-state index in [-0.39, 0.29) is 11.8 Å². The van der Waals surface area contributed by atoms with Gasteiger partial charge in [0.2, 0.25) is 0 Å². The van der Waals surface area contributed by atoms with Crippen molar-refractivity contribution in [1.29, 1.82) is 0 Å². The molecule has 0 aromatic heterocycles. The molecule has 0 heterocycles. The monoisotopic (exact) mass is 163 g/mol. The van der Waals surface area contributed by atoms with Crippen LogP contribution in [-0.4, -0.2) is 31.8 Å². The Morgan fingerprint density at radius 2 is 2.40 bits per heavy atom. The molecule has 0 spiro atoms. The Balaban J connectivity index is 3.41. The van der Waals surface area contributed by atoms with Gasteiger partial charge in [-0.3, -0.25) is 10.1 Å². The lowest BCUT2D eigenvalue weighted by Gasteiger charge is -2.09. The average molecular weight is 163 g/mol. The first-order chi connectivity index (χ1) is 4.72. The number of ether oxygens (including phenoxy) is 1. The van der Waals surface area contributed by atoms with Gasteiger partial charge in [0.25, 0.3) is 0 Å². The summed E-state index contributed by atoms with van der Waals surface area (Å²) in [6.07, 6.45) is 0.498. The molecule has 0 aliphatic heterocycles. The molecule has 0 aliphatic rings. The second-order valence-corrected chi connectivity index (χ2v) is 2.44. The van der Waals surface area contributed by atoms with E-state index in [1.54, 1.807) is 7.11 Å². The Morgan fingerprint density at radius 3 is 2.80 bits per heavy atom. The van der Waals surface area contributed by atoms with Gasteiger partial charge < -0.3 is 4.74 Å². The molecule has 10 heavy (non-hydrogen) atoms. The molecule has 0 saturated heterocycles. The average Bonchev–Trinajstić information content (AvgIpc) is 1.98. The van der Waals surface area contributed by atoms with Crippen LogP contribution < -0.4 is 5.32 Å². The summed E-state index contributed by atoms with van der Waals surface area (Å²) in [6, 6.07) is -0.0996. The van der Waals surface area contributed by atoms with Crippen LogP contribution >= 0.6 is 9.24 Å². The van der Waals surface area contributed by atoms with Gasteiger partial charge in [-0.1, -0.05) is 0 Å². The first kappa shape index (κ1) is 10.0. The summed E-state index contributed by atoms with van der Waals surface area (Å²) >= 11 is 0. The van der Waals surface area contributed by atoms with Crippen molar-refractivity contribution in [2.24, 2.45) is 0 Å². The zero-order valence-electron chi connectivity index (χ0n) is 6.39. The van der Waals surface area contributed by atoms with E-state index in [4.69, 9.17) is 4.74 Å². The molecular formula is C6H14NO2P. The van der Waals surface area contributed by atoms with Crippen LogP contribution in [0.4, 0.5) is 0 Å². The van der Waals surface area contributed by atoms with Gasteiger partial charge in [-0.15, -0.1) is 9.24 Å². The fraction of sp³-hybridized carbons (Fsp3) is 0.833. The second kappa shape index (κ2) is 5.78. The minimum Gasteiger partial charge on any atom is -0.370 e. The molecule has 2 atom stereocenters. The number of hydrogen-bond acceptors (Lipinski definition) is 3. The summed E-state index contributed by atoms with van der Waals surface area (Å²) in [6.45, 7) is 2.25. The van der Waals surface area contributed by atoms with Gasteiger partial charge in [0.15, 0.2) is 5.78 Å². The van der Waals surface area contributed by atoms with Crippen LogP contribution in [0.1, 0.15) is 6.92 Å². The van der Waals surface area contributed by atoms with Gasteiger partial charge in [0.05, 0.1) is 12.8 Å². The number of carbonyl (C=O) groups is 1. The predicted octanol–water partition coefficient (Wildman–Crippen LogP) is 0.0126. The van der Waals surface area contributed by atoms with E-state index in [1.807, 2.05) is 6.92 Å². The predicted molar refractivity (Wildman–Crippen MR) is 44.1 cm³/mol. The lowest BCUT2D eigenvalue weighted by atomic mass is 10.2. The summed E-state index contributed by atoms with van der Waals surface area (Å²) < 4.78 is 4.74. The van der Waals surface area contributed by atoms with Crippen molar-refractivity contribution in [2.45, 2.75) is 13.0 Å². The molecule has 4 heteroatoms. The minimum absolute atomic E-state index is 0.0996. The SMILES string of the molecule is COCN[C@@H](C)C(=O)CP. The van der Waals surface area contributed by atoms with Gasteiger partial charge >= 0.3 is 0 Å². The third-order valence-corrected chi connectivity index (χ3v) is 1.62. The highest BCUT2D eigenvalue weighted by atomic mass is 31.0. The van der Waals surface area contributed by atoms with Crippen LogP contribution in [0.3, 0.4) is 0 Å². The Morgan fingerprint density at radius 1 is 1.80 bits per heavy atom. The van der Waals surface area contributed by atoms with Crippen molar-refractivity contribution in [1.82, 2.24) is 5.32 Å². The zero-order valence-corrected chi connectivity index (χ0v) is 7.54. The molecule has 0 fully saturated rings. The maximum atomic E-state index is 10.9. The lowest BCUT2D eigenvalue weighted by Crippen LogP contribution is -2.35. The van der Waals surface area contributed by atoms with E-state index in [2.05, 4.69) is 14.6 Å². The molecule has 0 saturated carbocycles. The number of Topliss-reactive ketones (excluding diaryl/α,β-unsaturated/α-hetero) is 1. The van der Waals surface area contributed by atoms with Crippen molar-refractivity contribution in [3.05, 3.63) is 0 Å². The van der Waals surface area contributed by atoms with E-state index in [1.165, 1.54) is 0 Å². The van der Waals surface area contributed by atoms with Gasteiger partial charge in [0.1, 0.15) is 0 Å². The number of carbonyl (C=O) groups excluding carboxylic acids is 1. The topological polar surface area (TPSA) is 38.3 Å². The molecule has 0 radical (unpaired) electrons. The fourth-order valence-corrected chi connectivity index (χ4v) is 0.852. The van der Waals surface area contributed by atoms with Crippen molar-refractivity contribution in [2.75, 3.05) is 20.0 Å². The van der Waals surface area contributed by atoms with Crippen molar-refractivity contribution in [3.63, 3.8) is 0 Å². The normalized spacial score (nSPS) is 13.1. The van der Waals surface area contributed by atoms with Gasteiger partial charge in [-0.25, -0.2) is 0 Å². The summed E-state index contributed by atoms with van der Waals surface area (Å²) in [5, 5.41) is 2.90. The zero-order chi connectivity index (χ0) is 7.98. The minimum atomic E-state index is -0.0996. The Kier molecular flexibility index (Phi) is 5.79. The number of rotatable bonds is 5. The number of ketones is 1. The highest BCUT2D eigenvalue weighted by molar-refractivity contribution is 7.18. The van der Waals surface area contributed by atoms with Crippen LogP contribution in [0.2, 0.25) is 0 Å². The molecule has 0 aromatic carbocycles. The number of hydrogen-bond donors (Lipinski definition) is 1. The van der Waals surface area contributed by atoms with Gasteiger partial charge in [0, 0.05) is 13.3 Å². The molecule has 1 N–H and O–H groups in total. The molecule has 1 unspecified atom stereocenters. The quantitative estimate of drug-likeness (QED) is 0.458. The van der Waals surface area contributed by atoms with Crippen molar-refractivity contribution >= 4 is 15.0 Å². The van der Waals surface area contributed by atoms with Crippen LogP contribution in [-0.2, 0) is 9.53 Å². The van der Waals surface area contributed by atoms with Crippen LogP contribution in [0.15, 0.2) is 0 Å². The summed E-state index contributed by atoms with van der Waals surface area (Å²) in [5.74, 6) is 0.182. The molecule has 0 bridgehead atoms. The lowest BCUT2D eigenvalue weighted by molar-refractivity contribution is -0.118. The summed E-state index contributed by atoms with van der Waals surface area (Å²) in [7, 11) is 3.99. The first-order valence-electron chi connectivity index (χ1n) is 3.17. The highest BCUT2D eigenvalue weighted by Crippen LogP contribution is 1.89. The Labute approximate surface area is 63.7 Å². The number of nitrogens with one attached hydrogen (secondary N) is 1. The second-order valence-electron chi connectivity index (χ2n) is 2.03.